The molecule has 80 valence electrons. The van der Waals surface area contributed by atoms with Gasteiger partial charge in [0.25, 0.3) is 0 Å². The van der Waals surface area contributed by atoms with Gasteiger partial charge in [-0.15, -0.1) is 0 Å². The molecule has 0 spiro atoms. The summed E-state index contributed by atoms with van der Waals surface area (Å²) < 4.78 is 10.2. The average molecular weight is 207 g/mol. The smallest absolute Gasteiger partial charge is 0.238 e. The number of rotatable bonds is 5. The van der Waals surface area contributed by atoms with E-state index in [0.717, 1.165) is 19.3 Å². The van der Waals surface area contributed by atoms with Crippen LogP contribution in [0, 0.1) is 0 Å². The van der Waals surface area contributed by atoms with Crippen LogP contribution in [-0.2, 0) is 6.42 Å². The lowest BCUT2D eigenvalue weighted by molar-refractivity contribution is 0.374. The minimum absolute atomic E-state index is 0.503. The van der Waals surface area contributed by atoms with Gasteiger partial charge in [0.15, 0.2) is 5.76 Å². The molecule has 0 aliphatic carbocycles. The Bertz CT molecular complexity index is 394. The van der Waals surface area contributed by atoms with E-state index in [0.29, 0.717) is 24.0 Å². The fraction of sp³-hybridized carbons (Fsp3) is 0.400. The van der Waals surface area contributed by atoms with Crippen LogP contribution in [0.4, 0.5) is 0 Å². The van der Waals surface area contributed by atoms with Gasteiger partial charge in [-0.25, -0.2) is 0 Å². The van der Waals surface area contributed by atoms with Crippen molar-refractivity contribution in [3.63, 3.8) is 0 Å². The maximum atomic E-state index is 5.39. The molecule has 5 heteroatoms. The van der Waals surface area contributed by atoms with E-state index in [-0.39, 0.29) is 0 Å². The standard InChI is InChI=1S/C10H13N3O2/c11-6-2-1-5-9-12-10(13-15-9)8-4-3-7-14-8/h3-4,7H,1-2,5-6,11H2. The second kappa shape index (κ2) is 4.75. The Labute approximate surface area is 87.3 Å². The summed E-state index contributed by atoms with van der Waals surface area (Å²) in [5.74, 6) is 1.77. The van der Waals surface area contributed by atoms with Crippen LogP contribution in [0.3, 0.4) is 0 Å². The molecule has 2 heterocycles. The quantitative estimate of drug-likeness (QED) is 0.753. The SMILES string of the molecule is NCCCCc1nc(-c2ccco2)no1. The topological polar surface area (TPSA) is 78.1 Å². The summed E-state index contributed by atoms with van der Waals surface area (Å²) in [5.41, 5.74) is 5.39. The molecule has 2 rings (SSSR count). The molecule has 0 aliphatic heterocycles. The molecule has 0 bridgehead atoms. The van der Waals surface area contributed by atoms with Crippen LogP contribution in [0.1, 0.15) is 18.7 Å². The highest BCUT2D eigenvalue weighted by atomic mass is 16.5. The van der Waals surface area contributed by atoms with Gasteiger partial charge in [0, 0.05) is 6.42 Å². The molecular weight excluding hydrogens is 194 g/mol. The van der Waals surface area contributed by atoms with E-state index in [1.54, 1.807) is 18.4 Å². The molecule has 2 aromatic heterocycles. The molecule has 0 saturated heterocycles. The third-order valence-corrected chi connectivity index (χ3v) is 2.05. The molecule has 0 aliphatic rings. The van der Waals surface area contributed by atoms with Gasteiger partial charge in [-0.1, -0.05) is 5.16 Å². The Morgan fingerprint density at radius 3 is 3.00 bits per heavy atom. The second-order valence-electron chi connectivity index (χ2n) is 3.23. The molecule has 0 amide bonds. The number of hydrogen-bond donors (Lipinski definition) is 1. The second-order valence-corrected chi connectivity index (χ2v) is 3.23. The summed E-state index contributed by atoms with van der Waals surface area (Å²) in [4.78, 5) is 4.21. The normalized spacial score (nSPS) is 10.7. The lowest BCUT2D eigenvalue weighted by Crippen LogP contribution is -1.99. The van der Waals surface area contributed by atoms with Crippen molar-refractivity contribution in [1.29, 1.82) is 0 Å². The molecule has 0 saturated carbocycles. The van der Waals surface area contributed by atoms with Gasteiger partial charge < -0.3 is 14.7 Å². The lowest BCUT2D eigenvalue weighted by atomic mass is 10.2. The van der Waals surface area contributed by atoms with Crippen LogP contribution in [0.15, 0.2) is 27.3 Å². The Balaban J connectivity index is 1.98. The Morgan fingerprint density at radius 2 is 2.27 bits per heavy atom. The number of furan rings is 1. The van der Waals surface area contributed by atoms with E-state index in [4.69, 9.17) is 14.7 Å². The summed E-state index contributed by atoms with van der Waals surface area (Å²) in [6.07, 6.45) is 4.29. The van der Waals surface area contributed by atoms with E-state index in [1.807, 2.05) is 0 Å². The van der Waals surface area contributed by atoms with E-state index in [1.165, 1.54) is 0 Å². The molecule has 0 atom stereocenters. The lowest BCUT2D eigenvalue weighted by Gasteiger charge is -1.91. The minimum atomic E-state index is 0.503. The first-order chi connectivity index (χ1) is 7.40. The van der Waals surface area contributed by atoms with Crippen molar-refractivity contribution in [2.45, 2.75) is 19.3 Å². The third kappa shape index (κ3) is 2.44. The molecule has 2 N–H and O–H groups in total. The average Bonchev–Trinajstić information content (AvgIpc) is 2.87. The maximum Gasteiger partial charge on any atom is 0.238 e. The first-order valence-electron chi connectivity index (χ1n) is 4.96. The molecular formula is C10H13N3O2. The van der Waals surface area contributed by atoms with Gasteiger partial charge in [-0.2, -0.15) is 4.98 Å². The monoisotopic (exact) mass is 207 g/mol. The first-order valence-corrected chi connectivity index (χ1v) is 4.96. The van der Waals surface area contributed by atoms with Crippen molar-refractivity contribution < 1.29 is 8.94 Å². The Hall–Kier alpha value is -1.62. The van der Waals surface area contributed by atoms with Gasteiger partial charge in [0.05, 0.1) is 6.26 Å². The summed E-state index contributed by atoms with van der Waals surface area (Å²) in [7, 11) is 0. The molecule has 0 unspecified atom stereocenters. The number of aromatic nitrogens is 2. The van der Waals surface area contributed by atoms with Crippen molar-refractivity contribution in [2.75, 3.05) is 6.54 Å². The highest BCUT2D eigenvalue weighted by molar-refractivity contribution is 5.44. The predicted molar refractivity (Wildman–Crippen MR) is 54.0 cm³/mol. The number of aryl methyl sites for hydroxylation is 1. The zero-order chi connectivity index (χ0) is 10.5. The molecule has 2 aromatic rings. The van der Waals surface area contributed by atoms with E-state index < -0.39 is 0 Å². The van der Waals surface area contributed by atoms with Gasteiger partial charge >= 0.3 is 0 Å². The number of nitrogens with two attached hydrogens (primary N) is 1. The van der Waals surface area contributed by atoms with Crippen molar-refractivity contribution >= 4 is 0 Å². The van der Waals surface area contributed by atoms with Gasteiger partial charge in [0.2, 0.25) is 11.7 Å². The number of hydrogen-bond acceptors (Lipinski definition) is 5. The van der Waals surface area contributed by atoms with Crippen LogP contribution in [-0.4, -0.2) is 16.7 Å². The van der Waals surface area contributed by atoms with Gasteiger partial charge in [0.1, 0.15) is 0 Å². The minimum Gasteiger partial charge on any atom is -0.461 e. The highest BCUT2D eigenvalue weighted by Gasteiger charge is 2.09. The van der Waals surface area contributed by atoms with Crippen LogP contribution in [0.2, 0.25) is 0 Å². The van der Waals surface area contributed by atoms with Crippen LogP contribution < -0.4 is 5.73 Å². The fourth-order valence-electron chi connectivity index (χ4n) is 1.28. The zero-order valence-electron chi connectivity index (χ0n) is 8.35. The highest BCUT2D eigenvalue weighted by Crippen LogP contribution is 2.16. The van der Waals surface area contributed by atoms with Crippen LogP contribution >= 0.6 is 0 Å². The van der Waals surface area contributed by atoms with Crippen molar-refractivity contribution in [2.24, 2.45) is 5.73 Å². The summed E-state index contributed by atoms with van der Waals surface area (Å²) in [6, 6.07) is 3.59. The predicted octanol–water partition coefficient (Wildman–Crippen LogP) is 1.61. The van der Waals surface area contributed by atoms with Crippen LogP contribution in [0.5, 0.6) is 0 Å². The largest absolute Gasteiger partial charge is 0.461 e. The van der Waals surface area contributed by atoms with Gasteiger partial charge in [-0.05, 0) is 31.5 Å². The van der Waals surface area contributed by atoms with E-state index in [9.17, 15) is 0 Å². The zero-order valence-corrected chi connectivity index (χ0v) is 8.35. The fourth-order valence-corrected chi connectivity index (χ4v) is 1.28. The van der Waals surface area contributed by atoms with E-state index in [2.05, 4.69) is 10.1 Å². The summed E-state index contributed by atoms with van der Waals surface area (Å²) >= 11 is 0. The molecule has 0 aromatic carbocycles. The van der Waals surface area contributed by atoms with Crippen molar-refractivity contribution in [3.05, 3.63) is 24.3 Å². The number of unbranched alkanes of at least 4 members (excludes halogenated alkanes) is 1. The van der Waals surface area contributed by atoms with E-state index >= 15 is 0 Å². The van der Waals surface area contributed by atoms with Crippen molar-refractivity contribution in [1.82, 2.24) is 10.1 Å². The molecule has 0 radical (unpaired) electrons. The summed E-state index contributed by atoms with van der Waals surface area (Å²) in [5, 5.41) is 3.83. The molecule has 5 nitrogen and oxygen atoms in total. The molecule has 0 fully saturated rings. The molecule has 15 heavy (non-hydrogen) atoms. The first kappa shape index (κ1) is 9.92. The Kier molecular flexibility index (Phi) is 3.14. The summed E-state index contributed by atoms with van der Waals surface area (Å²) in [6.45, 7) is 0.694. The third-order valence-electron chi connectivity index (χ3n) is 2.05. The number of nitrogens with zero attached hydrogens (tertiary/aromatic N) is 2. The Morgan fingerprint density at radius 1 is 1.33 bits per heavy atom. The van der Waals surface area contributed by atoms with Crippen LogP contribution in [0.25, 0.3) is 11.6 Å². The van der Waals surface area contributed by atoms with Gasteiger partial charge in [-0.3, -0.25) is 0 Å². The van der Waals surface area contributed by atoms with Crippen molar-refractivity contribution in [3.8, 4) is 11.6 Å². The maximum absolute atomic E-state index is 5.39.